The van der Waals surface area contributed by atoms with Crippen molar-refractivity contribution in [2.45, 2.75) is 12.8 Å². The van der Waals surface area contributed by atoms with Crippen LogP contribution in [0.3, 0.4) is 0 Å². The molecular formula is C14H12N4O3. The molecule has 3 heterocycles. The number of allylic oxidation sites excluding steroid dienone is 2. The number of imide groups is 1. The van der Waals surface area contributed by atoms with Gasteiger partial charge in [-0.3, -0.25) is 14.7 Å². The molecule has 2 aromatic heterocycles. The van der Waals surface area contributed by atoms with Crippen molar-refractivity contribution in [3.63, 3.8) is 0 Å². The quantitative estimate of drug-likeness (QED) is 0.666. The van der Waals surface area contributed by atoms with Gasteiger partial charge in [0.05, 0.1) is 18.1 Å². The highest BCUT2D eigenvalue weighted by Crippen LogP contribution is 2.36. The fraction of sp³-hybridized carbons (Fsp3) is 0.286. The summed E-state index contributed by atoms with van der Waals surface area (Å²) in [5.41, 5.74) is 0. The molecule has 2 aliphatic rings. The van der Waals surface area contributed by atoms with Crippen molar-refractivity contribution in [2.75, 3.05) is 4.90 Å². The molecule has 21 heavy (non-hydrogen) atoms. The van der Waals surface area contributed by atoms with Crippen LogP contribution in [0.1, 0.15) is 12.8 Å². The van der Waals surface area contributed by atoms with Crippen molar-refractivity contribution in [3.05, 3.63) is 30.5 Å². The van der Waals surface area contributed by atoms with Gasteiger partial charge in [0, 0.05) is 0 Å². The summed E-state index contributed by atoms with van der Waals surface area (Å²) in [6.07, 6.45) is 6.61. The third-order valence-electron chi connectivity index (χ3n) is 3.94. The van der Waals surface area contributed by atoms with E-state index < -0.39 is 0 Å². The molecule has 106 valence electrons. The molecule has 2 amide bonds. The van der Waals surface area contributed by atoms with Crippen LogP contribution in [0.25, 0.3) is 11.6 Å². The number of rotatable bonds is 2. The smallest absolute Gasteiger partial charge is 0.258 e. The zero-order valence-electron chi connectivity index (χ0n) is 11.0. The van der Waals surface area contributed by atoms with Crippen molar-refractivity contribution in [3.8, 4) is 11.6 Å². The summed E-state index contributed by atoms with van der Waals surface area (Å²) in [5, 5.41) is 6.67. The van der Waals surface area contributed by atoms with Crippen LogP contribution in [0.5, 0.6) is 0 Å². The van der Waals surface area contributed by atoms with Gasteiger partial charge in [-0.2, -0.15) is 4.98 Å². The molecule has 0 aromatic carbocycles. The molecule has 0 unspecified atom stereocenters. The van der Waals surface area contributed by atoms with E-state index in [1.807, 2.05) is 12.2 Å². The number of hydrogen-bond acceptors (Lipinski definition) is 5. The molecule has 0 bridgehead atoms. The first-order chi connectivity index (χ1) is 10.3. The van der Waals surface area contributed by atoms with Gasteiger partial charge in [-0.15, -0.1) is 5.10 Å². The van der Waals surface area contributed by atoms with Crippen LogP contribution in [0.2, 0.25) is 0 Å². The lowest BCUT2D eigenvalue weighted by atomic mass is 9.85. The molecule has 1 aliphatic heterocycles. The molecule has 7 heteroatoms. The lowest BCUT2D eigenvalue weighted by Crippen LogP contribution is -2.31. The predicted octanol–water partition coefficient (Wildman–Crippen LogP) is 1.52. The SMILES string of the molecule is O=C1[C@H]2CC=CC[C@@H]2C(=O)N1c1n[nH]c(-c2ccco2)n1. The van der Waals surface area contributed by atoms with E-state index in [0.29, 0.717) is 24.4 Å². The average Bonchev–Trinajstić information content (AvgIpc) is 3.21. The van der Waals surface area contributed by atoms with Crippen LogP contribution in [-0.4, -0.2) is 27.0 Å². The number of H-pyrrole nitrogens is 1. The summed E-state index contributed by atoms with van der Waals surface area (Å²) in [7, 11) is 0. The highest BCUT2D eigenvalue weighted by atomic mass is 16.3. The van der Waals surface area contributed by atoms with Gasteiger partial charge in [0.2, 0.25) is 11.8 Å². The lowest BCUT2D eigenvalue weighted by molar-refractivity contribution is -0.122. The van der Waals surface area contributed by atoms with Gasteiger partial charge in [-0.25, -0.2) is 4.90 Å². The second kappa shape index (κ2) is 4.41. The zero-order chi connectivity index (χ0) is 14.4. The lowest BCUT2D eigenvalue weighted by Gasteiger charge is -2.14. The Morgan fingerprint density at radius 3 is 2.52 bits per heavy atom. The van der Waals surface area contributed by atoms with Crippen LogP contribution in [0.4, 0.5) is 5.95 Å². The van der Waals surface area contributed by atoms with Crippen LogP contribution in [-0.2, 0) is 9.59 Å². The van der Waals surface area contributed by atoms with E-state index in [1.165, 1.54) is 6.26 Å². The number of nitrogens with one attached hydrogen (secondary N) is 1. The van der Waals surface area contributed by atoms with E-state index in [9.17, 15) is 9.59 Å². The molecule has 2 aromatic rings. The molecule has 1 aliphatic carbocycles. The predicted molar refractivity (Wildman–Crippen MR) is 71.9 cm³/mol. The Balaban J connectivity index is 1.68. The first kappa shape index (κ1) is 12.1. The maximum atomic E-state index is 12.4. The van der Waals surface area contributed by atoms with Gasteiger partial charge in [-0.1, -0.05) is 12.2 Å². The summed E-state index contributed by atoms with van der Waals surface area (Å²) in [5.74, 6) is -0.0267. The minimum atomic E-state index is -0.284. The van der Waals surface area contributed by atoms with E-state index in [1.54, 1.807) is 12.1 Å². The van der Waals surface area contributed by atoms with Crippen molar-refractivity contribution in [1.29, 1.82) is 0 Å². The maximum Gasteiger partial charge on any atom is 0.258 e. The van der Waals surface area contributed by atoms with Crippen molar-refractivity contribution in [2.24, 2.45) is 11.8 Å². The van der Waals surface area contributed by atoms with E-state index in [4.69, 9.17) is 4.42 Å². The van der Waals surface area contributed by atoms with Crippen LogP contribution >= 0.6 is 0 Å². The average molecular weight is 284 g/mol. The molecular weight excluding hydrogens is 272 g/mol. The number of anilines is 1. The Bertz CT molecular complexity index is 705. The minimum Gasteiger partial charge on any atom is -0.461 e. The Morgan fingerprint density at radius 1 is 1.19 bits per heavy atom. The molecule has 0 spiro atoms. The fourth-order valence-corrected chi connectivity index (χ4v) is 2.87. The molecule has 7 nitrogen and oxygen atoms in total. The largest absolute Gasteiger partial charge is 0.461 e. The number of carbonyl (C=O) groups excluding carboxylic acids is 2. The summed E-state index contributed by atoms with van der Waals surface area (Å²) in [4.78, 5) is 30.1. The minimum absolute atomic E-state index is 0.0887. The molecule has 1 fully saturated rings. The van der Waals surface area contributed by atoms with Gasteiger partial charge in [-0.05, 0) is 25.0 Å². The fourth-order valence-electron chi connectivity index (χ4n) is 2.87. The highest BCUT2D eigenvalue weighted by Gasteiger charge is 2.49. The maximum absolute atomic E-state index is 12.4. The number of nitrogens with zero attached hydrogens (tertiary/aromatic N) is 3. The topological polar surface area (TPSA) is 92.1 Å². The zero-order valence-corrected chi connectivity index (χ0v) is 11.0. The highest BCUT2D eigenvalue weighted by molar-refractivity contribution is 6.21. The third kappa shape index (κ3) is 1.74. The third-order valence-corrected chi connectivity index (χ3v) is 3.94. The van der Waals surface area contributed by atoms with E-state index in [2.05, 4.69) is 15.2 Å². The Kier molecular flexibility index (Phi) is 2.53. The number of furan rings is 1. The Morgan fingerprint density at radius 2 is 1.90 bits per heavy atom. The first-order valence-electron chi connectivity index (χ1n) is 6.75. The van der Waals surface area contributed by atoms with Crippen molar-refractivity contribution in [1.82, 2.24) is 15.2 Å². The first-order valence-corrected chi connectivity index (χ1v) is 6.75. The number of aromatic amines is 1. The monoisotopic (exact) mass is 284 g/mol. The molecule has 4 rings (SSSR count). The molecule has 1 N–H and O–H groups in total. The summed E-state index contributed by atoms with van der Waals surface area (Å²) in [6.45, 7) is 0. The standard InChI is InChI=1S/C14H12N4O3/c19-12-8-4-1-2-5-9(8)13(20)18(12)14-15-11(16-17-14)10-6-3-7-21-10/h1-3,6-9H,4-5H2,(H,15,16,17)/t8-,9-/m0/s1. The van der Waals surface area contributed by atoms with Gasteiger partial charge in [0.15, 0.2) is 11.6 Å². The van der Waals surface area contributed by atoms with Crippen LogP contribution in [0.15, 0.2) is 35.0 Å². The van der Waals surface area contributed by atoms with Crippen LogP contribution in [0, 0.1) is 11.8 Å². The van der Waals surface area contributed by atoms with Crippen LogP contribution < -0.4 is 4.90 Å². The summed E-state index contributed by atoms with van der Waals surface area (Å²) in [6, 6.07) is 3.45. The summed E-state index contributed by atoms with van der Waals surface area (Å²) < 4.78 is 5.21. The second-order valence-electron chi connectivity index (χ2n) is 5.13. The molecule has 0 saturated carbocycles. The van der Waals surface area contributed by atoms with E-state index >= 15 is 0 Å². The molecule has 0 radical (unpaired) electrons. The molecule has 2 atom stereocenters. The number of amides is 2. The molecule has 1 saturated heterocycles. The van der Waals surface area contributed by atoms with Gasteiger partial charge in [0.1, 0.15) is 0 Å². The van der Waals surface area contributed by atoms with Crippen molar-refractivity contribution < 1.29 is 14.0 Å². The number of aromatic nitrogens is 3. The number of fused-ring (bicyclic) bond motifs is 1. The normalized spacial score (nSPS) is 24.7. The van der Waals surface area contributed by atoms with E-state index in [-0.39, 0.29) is 29.6 Å². The Labute approximate surface area is 119 Å². The van der Waals surface area contributed by atoms with Crippen molar-refractivity contribution >= 4 is 17.8 Å². The van der Waals surface area contributed by atoms with E-state index in [0.717, 1.165) is 4.90 Å². The second-order valence-corrected chi connectivity index (χ2v) is 5.13. The van der Waals surface area contributed by atoms with Gasteiger partial charge >= 0.3 is 0 Å². The Hall–Kier alpha value is -2.70. The van der Waals surface area contributed by atoms with Gasteiger partial charge in [0.25, 0.3) is 5.95 Å². The number of carbonyl (C=O) groups is 2. The number of hydrogen-bond donors (Lipinski definition) is 1. The summed E-state index contributed by atoms with van der Waals surface area (Å²) >= 11 is 0. The van der Waals surface area contributed by atoms with Gasteiger partial charge < -0.3 is 4.42 Å².